The van der Waals surface area contributed by atoms with Crippen molar-refractivity contribution in [3.05, 3.63) is 53.9 Å². The van der Waals surface area contributed by atoms with Gasteiger partial charge in [0.2, 0.25) is 0 Å². The summed E-state index contributed by atoms with van der Waals surface area (Å²) in [4.78, 5) is 4.07. The number of hydrogen-bond acceptors (Lipinski definition) is 3. The number of benzene rings is 1. The van der Waals surface area contributed by atoms with E-state index in [9.17, 15) is 0 Å². The van der Waals surface area contributed by atoms with Crippen LogP contribution in [0.15, 0.2) is 42.7 Å². The van der Waals surface area contributed by atoms with Gasteiger partial charge in [-0.25, -0.2) is 0 Å². The van der Waals surface area contributed by atoms with E-state index in [1.165, 1.54) is 5.56 Å². The number of aryl methyl sites for hydroxylation is 1. The second-order valence-electron chi connectivity index (χ2n) is 3.79. The molecule has 2 aromatic rings. The van der Waals surface area contributed by atoms with Gasteiger partial charge in [-0.15, -0.1) is 0 Å². The van der Waals surface area contributed by atoms with Crippen molar-refractivity contribution in [1.82, 2.24) is 4.98 Å². The van der Waals surface area contributed by atoms with Crippen molar-refractivity contribution in [3.8, 4) is 0 Å². The predicted molar refractivity (Wildman–Crippen MR) is 67.2 cm³/mol. The van der Waals surface area contributed by atoms with Crippen molar-refractivity contribution in [2.24, 2.45) is 0 Å². The number of nitrogens with two attached hydrogens (primary N) is 1. The fourth-order valence-electron chi connectivity index (χ4n) is 1.53. The van der Waals surface area contributed by atoms with Crippen LogP contribution in [0.3, 0.4) is 0 Å². The SMILES string of the molecule is Cc1ccc(N)cc1NCc1cccnc1. The number of hydrogen-bond donors (Lipinski definition) is 2. The molecular weight excluding hydrogens is 198 g/mol. The molecule has 3 N–H and O–H groups in total. The van der Waals surface area contributed by atoms with Crippen LogP contribution in [0.25, 0.3) is 0 Å². The molecule has 0 radical (unpaired) electrons. The molecule has 16 heavy (non-hydrogen) atoms. The lowest BCUT2D eigenvalue weighted by Gasteiger charge is -2.10. The van der Waals surface area contributed by atoms with Gasteiger partial charge in [-0.05, 0) is 36.2 Å². The highest BCUT2D eigenvalue weighted by molar-refractivity contribution is 5.59. The van der Waals surface area contributed by atoms with Gasteiger partial charge >= 0.3 is 0 Å². The van der Waals surface area contributed by atoms with Gasteiger partial charge in [-0.3, -0.25) is 4.98 Å². The Kier molecular flexibility index (Phi) is 3.05. The van der Waals surface area contributed by atoms with Gasteiger partial charge < -0.3 is 11.1 Å². The molecule has 3 nitrogen and oxygen atoms in total. The molecule has 0 saturated heterocycles. The van der Waals surface area contributed by atoms with Crippen molar-refractivity contribution in [3.63, 3.8) is 0 Å². The van der Waals surface area contributed by atoms with Gasteiger partial charge in [-0.1, -0.05) is 12.1 Å². The number of nitrogens with one attached hydrogen (secondary N) is 1. The van der Waals surface area contributed by atoms with Crippen LogP contribution in [0.4, 0.5) is 11.4 Å². The first-order valence-electron chi connectivity index (χ1n) is 5.24. The normalized spacial score (nSPS) is 10.1. The van der Waals surface area contributed by atoms with Crippen LogP contribution in [0.2, 0.25) is 0 Å². The second kappa shape index (κ2) is 4.66. The Balaban J connectivity index is 2.08. The molecule has 1 aromatic heterocycles. The van der Waals surface area contributed by atoms with Gasteiger partial charge in [0.05, 0.1) is 0 Å². The van der Waals surface area contributed by atoms with E-state index in [2.05, 4.69) is 17.2 Å². The third-order valence-electron chi connectivity index (χ3n) is 2.47. The number of aromatic nitrogens is 1. The summed E-state index contributed by atoms with van der Waals surface area (Å²) in [6.07, 6.45) is 3.63. The second-order valence-corrected chi connectivity index (χ2v) is 3.79. The first-order chi connectivity index (χ1) is 7.75. The van der Waals surface area contributed by atoms with Crippen molar-refractivity contribution in [2.75, 3.05) is 11.1 Å². The lowest BCUT2D eigenvalue weighted by atomic mass is 10.1. The standard InChI is InChI=1S/C13H15N3/c1-10-4-5-12(14)7-13(10)16-9-11-3-2-6-15-8-11/h2-8,16H,9,14H2,1H3. The summed E-state index contributed by atoms with van der Waals surface area (Å²) >= 11 is 0. The molecule has 82 valence electrons. The highest BCUT2D eigenvalue weighted by atomic mass is 14.9. The Morgan fingerprint density at radius 2 is 2.19 bits per heavy atom. The van der Waals surface area contributed by atoms with E-state index in [4.69, 9.17) is 5.73 Å². The molecule has 0 amide bonds. The van der Waals surface area contributed by atoms with Gasteiger partial charge in [-0.2, -0.15) is 0 Å². The lowest BCUT2D eigenvalue weighted by molar-refractivity contribution is 1.11. The molecule has 0 aliphatic rings. The van der Waals surface area contributed by atoms with Crippen molar-refractivity contribution >= 4 is 11.4 Å². The summed E-state index contributed by atoms with van der Waals surface area (Å²) in [6, 6.07) is 9.85. The molecule has 0 spiro atoms. The minimum atomic E-state index is 0.762. The smallest absolute Gasteiger partial charge is 0.0416 e. The molecule has 0 unspecified atom stereocenters. The molecule has 1 aromatic carbocycles. The van der Waals surface area contributed by atoms with Crippen LogP contribution in [-0.2, 0) is 6.54 Å². The summed E-state index contributed by atoms with van der Waals surface area (Å²) in [7, 11) is 0. The van der Waals surface area contributed by atoms with Crippen molar-refractivity contribution < 1.29 is 0 Å². The summed E-state index contributed by atoms with van der Waals surface area (Å²) in [5, 5.41) is 3.35. The lowest BCUT2D eigenvalue weighted by Crippen LogP contribution is -2.01. The fourth-order valence-corrected chi connectivity index (χ4v) is 1.53. The minimum absolute atomic E-state index is 0.762. The summed E-state index contributed by atoms with van der Waals surface area (Å²) in [6.45, 7) is 2.82. The van der Waals surface area contributed by atoms with Crippen LogP contribution in [0, 0.1) is 6.92 Å². The average molecular weight is 213 g/mol. The quantitative estimate of drug-likeness (QED) is 0.770. The Bertz CT molecular complexity index is 466. The zero-order valence-electron chi connectivity index (χ0n) is 9.27. The first kappa shape index (κ1) is 10.5. The molecule has 0 aliphatic carbocycles. The van der Waals surface area contributed by atoms with E-state index in [1.807, 2.05) is 36.5 Å². The number of rotatable bonds is 3. The van der Waals surface area contributed by atoms with Gasteiger partial charge in [0, 0.05) is 30.3 Å². The van der Waals surface area contributed by atoms with E-state index in [0.717, 1.165) is 23.5 Å². The first-order valence-corrected chi connectivity index (χ1v) is 5.24. The van der Waals surface area contributed by atoms with Gasteiger partial charge in [0.1, 0.15) is 0 Å². The van der Waals surface area contributed by atoms with E-state index in [0.29, 0.717) is 0 Å². The highest BCUT2D eigenvalue weighted by Gasteiger charge is 1.98. The molecule has 2 rings (SSSR count). The topological polar surface area (TPSA) is 50.9 Å². The van der Waals surface area contributed by atoms with Gasteiger partial charge in [0.25, 0.3) is 0 Å². The molecule has 1 heterocycles. The van der Waals surface area contributed by atoms with Crippen LogP contribution in [-0.4, -0.2) is 4.98 Å². The minimum Gasteiger partial charge on any atom is -0.399 e. The van der Waals surface area contributed by atoms with E-state index in [1.54, 1.807) is 6.20 Å². The predicted octanol–water partition coefficient (Wildman–Crippen LogP) is 2.58. The van der Waals surface area contributed by atoms with Crippen LogP contribution in [0.1, 0.15) is 11.1 Å². The third kappa shape index (κ3) is 2.51. The molecule has 0 bridgehead atoms. The molecule has 0 aliphatic heterocycles. The molecular formula is C13H15N3. The monoisotopic (exact) mass is 213 g/mol. The summed E-state index contributed by atoms with van der Waals surface area (Å²) in [5.74, 6) is 0. The van der Waals surface area contributed by atoms with Crippen LogP contribution in [0.5, 0.6) is 0 Å². The number of nitrogens with zero attached hydrogens (tertiary/aromatic N) is 1. The largest absolute Gasteiger partial charge is 0.399 e. The maximum atomic E-state index is 5.74. The maximum absolute atomic E-state index is 5.74. The van der Waals surface area contributed by atoms with Crippen LogP contribution >= 0.6 is 0 Å². The fraction of sp³-hybridized carbons (Fsp3) is 0.154. The molecule has 3 heteroatoms. The van der Waals surface area contributed by atoms with E-state index in [-0.39, 0.29) is 0 Å². The third-order valence-corrected chi connectivity index (χ3v) is 2.47. The Hall–Kier alpha value is -2.03. The van der Waals surface area contributed by atoms with E-state index >= 15 is 0 Å². The average Bonchev–Trinajstić information content (AvgIpc) is 2.32. The summed E-state index contributed by atoms with van der Waals surface area (Å²) < 4.78 is 0. The number of nitrogen functional groups attached to an aromatic ring is 1. The zero-order valence-corrected chi connectivity index (χ0v) is 9.27. The molecule has 0 saturated carbocycles. The van der Waals surface area contributed by atoms with Crippen LogP contribution < -0.4 is 11.1 Å². The number of pyridine rings is 1. The van der Waals surface area contributed by atoms with Gasteiger partial charge in [0.15, 0.2) is 0 Å². The van der Waals surface area contributed by atoms with Crippen molar-refractivity contribution in [2.45, 2.75) is 13.5 Å². The Morgan fingerprint density at radius 3 is 2.94 bits per heavy atom. The Labute approximate surface area is 95.3 Å². The van der Waals surface area contributed by atoms with Crippen molar-refractivity contribution in [1.29, 1.82) is 0 Å². The number of anilines is 2. The zero-order chi connectivity index (χ0) is 11.4. The summed E-state index contributed by atoms with van der Waals surface area (Å²) in [5.41, 5.74) is 9.94. The maximum Gasteiger partial charge on any atom is 0.0416 e. The molecule has 0 fully saturated rings. The Morgan fingerprint density at radius 1 is 1.31 bits per heavy atom. The molecule has 0 atom stereocenters. The van der Waals surface area contributed by atoms with E-state index < -0.39 is 0 Å². The highest BCUT2D eigenvalue weighted by Crippen LogP contribution is 2.18.